The van der Waals surface area contributed by atoms with Gasteiger partial charge in [0.05, 0.1) is 4.92 Å². The van der Waals surface area contributed by atoms with Crippen LogP contribution in [0.3, 0.4) is 0 Å². The van der Waals surface area contributed by atoms with Crippen molar-refractivity contribution in [3.63, 3.8) is 0 Å². The number of nitro groups is 1. The molecule has 7 heteroatoms. The van der Waals surface area contributed by atoms with Gasteiger partial charge in [-0.05, 0) is 31.5 Å². The number of nitrogens with zero attached hydrogens (tertiary/aromatic N) is 1. The molecule has 2 aromatic carbocycles. The average Bonchev–Trinajstić information content (AvgIpc) is 2.56. The van der Waals surface area contributed by atoms with Gasteiger partial charge in [0, 0.05) is 11.8 Å². The summed E-state index contributed by atoms with van der Waals surface area (Å²) < 4.78 is 5.05. The van der Waals surface area contributed by atoms with E-state index in [1.54, 1.807) is 12.1 Å². The second kappa shape index (κ2) is 7.36. The first-order valence-electron chi connectivity index (χ1n) is 7.21. The molecule has 0 spiro atoms. The first-order valence-corrected chi connectivity index (χ1v) is 7.21. The zero-order chi connectivity index (χ0) is 17.7. The first-order chi connectivity index (χ1) is 11.4. The van der Waals surface area contributed by atoms with E-state index in [1.807, 2.05) is 19.1 Å². The number of nitro benzene ring substituents is 1. The monoisotopic (exact) mass is 328 g/mol. The lowest BCUT2D eigenvalue weighted by Crippen LogP contribution is -2.30. The molecule has 0 unspecified atom stereocenters. The summed E-state index contributed by atoms with van der Waals surface area (Å²) in [5, 5.41) is 13.6. The molecule has 0 saturated carbocycles. The summed E-state index contributed by atoms with van der Waals surface area (Å²) in [5.74, 6) is -1.44. The number of amides is 1. The maximum Gasteiger partial charge on any atom is 0.345 e. The third-order valence-electron chi connectivity index (χ3n) is 3.38. The van der Waals surface area contributed by atoms with Gasteiger partial charge in [-0.15, -0.1) is 0 Å². The van der Waals surface area contributed by atoms with E-state index in [0.29, 0.717) is 5.69 Å². The van der Waals surface area contributed by atoms with Gasteiger partial charge in [-0.25, -0.2) is 4.79 Å². The number of anilines is 1. The Labute approximate surface area is 138 Å². The predicted octanol–water partition coefficient (Wildman–Crippen LogP) is 3.09. The van der Waals surface area contributed by atoms with E-state index in [4.69, 9.17) is 4.74 Å². The van der Waals surface area contributed by atoms with Crippen LogP contribution < -0.4 is 5.32 Å². The molecule has 0 bridgehead atoms. The summed E-state index contributed by atoms with van der Waals surface area (Å²) in [7, 11) is 0. The SMILES string of the molecule is Cc1ccccc1NC(=O)[C@@H](C)OC(=O)c1ccccc1[N+](=O)[O-]. The number of ether oxygens (including phenoxy) is 1. The zero-order valence-corrected chi connectivity index (χ0v) is 13.2. The minimum atomic E-state index is -1.10. The van der Waals surface area contributed by atoms with Gasteiger partial charge in [-0.2, -0.15) is 0 Å². The van der Waals surface area contributed by atoms with E-state index >= 15 is 0 Å². The average molecular weight is 328 g/mol. The van der Waals surface area contributed by atoms with Crippen LogP contribution in [0.25, 0.3) is 0 Å². The summed E-state index contributed by atoms with van der Waals surface area (Å²) in [5.41, 5.74) is 0.909. The molecule has 1 N–H and O–H groups in total. The fourth-order valence-electron chi connectivity index (χ4n) is 2.03. The van der Waals surface area contributed by atoms with Crippen LogP contribution in [0.4, 0.5) is 11.4 Å². The molecule has 0 saturated heterocycles. The van der Waals surface area contributed by atoms with Crippen molar-refractivity contribution in [2.75, 3.05) is 5.32 Å². The van der Waals surface area contributed by atoms with E-state index in [0.717, 1.165) is 5.56 Å². The molecule has 2 rings (SSSR count). The smallest absolute Gasteiger partial charge is 0.345 e. The van der Waals surface area contributed by atoms with Crippen LogP contribution in [-0.2, 0) is 9.53 Å². The fraction of sp³-hybridized carbons (Fsp3) is 0.176. The molecule has 0 radical (unpaired) electrons. The molecular weight excluding hydrogens is 312 g/mol. The van der Waals surface area contributed by atoms with Gasteiger partial charge >= 0.3 is 5.97 Å². The van der Waals surface area contributed by atoms with Crippen molar-refractivity contribution in [2.45, 2.75) is 20.0 Å². The van der Waals surface area contributed by atoms with Crippen molar-refractivity contribution in [1.82, 2.24) is 0 Å². The standard InChI is InChI=1S/C17H16N2O5/c1-11-7-3-5-9-14(11)18-16(20)12(2)24-17(21)13-8-4-6-10-15(13)19(22)23/h3-10,12H,1-2H3,(H,18,20)/t12-/m1/s1. The Morgan fingerprint density at radius 2 is 1.75 bits per heavy atom. The second-order valence-corrected chi connectivity index (χ2v) is 5.13. The number of rotatable bonds is 5. The Bertz CT molecular complexity index is 788. The minimum Gasteiger partial charge on any atom is -0.449 e. The van der Waals surface area contributed by atoms with Crippen LogP contribution >= 0.6 is 0 Å². The summed E-state index contributed by atoms with van der Waals surface area (Å²) in [6.45, 7) is 3.24. The molecule has 24 heavy (non-hydrogen) atoms. The topological polar surface area (TPSA) is 98.5 Å². The molecule has 7 nitrogen and oxygen atoms in total. The van der Waals surface area contributed by atoms with E-state index in [-0.39, 0.29) is 11.3 Å². The van der Waals surface area contributed by atoms with Crippen molar-refractivity contribution >= 4 is 23.3 Å². The number of hydrogen-bond acceptors (Lipinski definition) is 5. The highest BCUT2D eigenvalue weighted by Gasteiger charge is 2.25. The summed E-state index contributed by atoms with van der Waals surface area (Å²) in [6.07, 6.45) is -1.10. The molecule has 1 amide bonds. The van der Waals surface area contributed by atoms with Crippen LogP contribution in [-0.4, -0.2) is 22.9 Å². The third kappa shape index (κ3) is 3.95. The molecule has 0 aliphatic carbocycles. The van der Waals surface area contributed by atoms with Crippen LogP contribution in [0.15, 0.2) is 48.5 Å². The minimum absolute atomic E-state index is 0.196. The van der Waals surface area contributed by atoms with Crippen molar-refractivity contribution in [3.05, 3.63) is 69.8 Å². The molecule has 0 aromatic heterocycles. The fourth-order valence-corrected chi connectivity index (χ4v) is 2.03. The lowest BCUT2D eigenvalue weighted by Gasteiger charge is -2.14. The quantitative estimate of drug-likeness (QED) is 0.516. The van der Waals surface area contributed by atoms with E-state index in [1.165, 1.54) is 31.2 Å². The molecular formula is C17H16N2O5. The maximum atomic E-state index is 12.1. The predicted molar refractivity (Wildman–Crippen MR) is 87.8 cm³/mol. The van der Waals surface area contributed by atoms with Gasteiger partial charge in [0.1, 0.15) is 5.56 Å². The lowest BCUT2D eigenvalue weighted by molar-refractivity contribution is -0.385. The Kier molecular flexibility index (Phi) is 5.26. The van der Waals surface area contributed by atoms with Crippen LogP contribution in [0.2, 0.25) is 0 Å². The van der Waals surface area contributed by atoms with Gasteiger partial charge in [0.25, 0.3) is 11.6 Å². The van der Waals surface area contributed by atoms with Crippen molar-refractivity contribution in [1.29, 1.82) is 0 Å². The number of para-hydroxylation sites is 2. The number of esters is 1. The number of benzene rings is 2. The highest BCUT2D eigenvalue weighted by Crippen LogP contribution is 2.19. The summed E-state index contributed by atoms with van der Waals surface area (Å²) in [6, 6.07) is 12.6. The van der Waals surface area contributed by atoms with Crippen LogP contribution in [0.1, 0.15) is 22.8 Å². The summed E-state index contributed by atoms with van der Waals surface area (Å²) >= 11 is 0. The van der Waals surface area contributed by atoms with Gasteiger partial charge in [-0.1, -0.05) is 30.3 Å². The van der Waals surface area contributed by atoms with Crippen molar-refractivity contribution in [3.8, 4) is 0 Å². The lowest BCUT2D eigenvalue weighted by atomic mass is 10.2. The van der Waals surface area contributed by atoms with Gasteiger partial charge in [-0.3, -0.25) is 14.9 Å². The molecule has 1 atom stereocenters. The normalized spacial score (nSPS) is 11.4. The highest BCUT2D eigenvalue weighted by atomic mass is 16.6. The Hall–Kier alpha value is -3.22. The number of aryl methyl sites for hydroxylation is 1. The molecule has 124 valence electrons. The van der Waals surface area contributed by atoms with Crippen molar-refractivity contribution in [2.24, 2.45) is 0 Å². The summed E-state index contributed by atoms with van der Waals surface area (Å²) in [4.78, 5) is 34.5. The van der Waals surface area contributed by atoms with Gasteiger partial charge < -0.3 is 10.1 Å². The second-order valence-electron chi connectivity index (χ2n) is 5.13. The van der Waals surface area contributed by atoms with Crippen LogP contribution in [0, 0.1) is 17.0 Å². The van der Waals surface area contributed by atoms with Crippen LogP contribution in [0.5, 0.6) is 0 Å². The molecule has 0 heterocycles. The van der Waals surface area contributed by atoms with Gasteiger partial charge in [0.15, 0.2) is 6.10 Å². The maximum absolute atomic E-state index is 12.1. The molecule has 0 fully saturated rings. The Morgan fingerprint density at radius 3 is 2.42 bits per heavy atom. The largest absolute Gasteiger partial charge is 0.449 e. The molecule has 0 aliphatic rings. The van der Waals surface area contributed by atoms with Crippen molar-refractivity contribution < 1.29 is 19.2 Å². The van der Waals surface area contributed by atoms with E-state index < -0.39 is 22.9 Å². The van der Waals surface area contributed by atoms with E-state index in [9.17, 15) is 19.7 Å². The third-order valence-corrected chi connectivity index (χ3v) is 3.38. The highest BCUT2D eigenvalue weighted by molar-refractivity contribution is 5.99. The van der Waals surface area contributed by atoms with E-state index in [2.05, 4.69) is 5.32 Å². The zero-order valence-electron chi connectivity index (χ0n) is 13.2. The Balaban J connectivity index is 2.08. The molecule has 2 aromatic rings. The molecule has 0 aliphatic heterocycles. The first kappa shape index (κ1) is 17.1. The number of carbonyl (C=O) groups is 2. The Morgan fingerprint density at radius 1 is 1.12 bits per heavy atom. The number of nitrogens with one attached hydrogen (secondary N) is 1. The number of hydrogen-bond donors (Lipinski definition) is 1. The van der Waals surface area contributed by atoms with Gasteiger partial charge in [0.2, 0.25) is 0 Å². The number of carbonyl (C=O) groups excluding carboxylic acids is 2.